The minimum atomic E-state index is -0.143. The van der Waals surface area contributed by atoms with Crippen molar-refractivity contribution in [2.24, 2.45) is 0 Å². The second-order valence-corrected chi connectivity index (χ2v) is 5.53. The van der Waals surface area contributed by atoms with E-state index < -0.39 is 0 Å². The summed E-state index contributed by atoms with van der Waals surface area (Å²) in [6.07, 6.45) is 2.12. The molecule has 1 amide bonds. The first-order chi connectivity index (χ1) is 8.91. The molecule has 1 heterocycles. The van der Waals surface area contributed by atoms with E-state index in [4.69, 9.17) is 10.5 Å². The van der Waals surface area contributed by atoms with Crippen molar-refractivity contribution in [1.29, 1.82) is 0 Å². The molecular formula is C14H21N3O2. The monoisotopic (exact) mass is 263 g/mol. The number of anilines is 3. The molecule has 1 aliphatic heterocycles. The van der Waals surface area contributed by atoms with Gasteiger partial charge in [-0.15, -0.1) is 0 Å². The Morgan fingerprint density at radius 2 is 2.21 bits per heavy atom. The van der Waals surface area contributed by atoms with Crippen molar-refractivity contribution in [3.05, 3.63) is 12.1 Å². The van der Waals surface area contributed by atoms with Crippen LogP contribution in [0.5, 0.6) is 5.75 Å². The topological polar surface area (TPSA) is 76.4 Å². The van der Waals surface area contributed by atoms with Crippen molar-refractivity contribution in [2.75, 3.05) is 23.0 Å². The van der Waals surface area contributed by atoms with E-state index in [1.54, 1.807) is 6.07 Å². The van der Waals surface area contributed by atoms with Crippen LogP contribution in [0.4, 0.5) is 17.1 Å². The van der Waals surface area contributed by atoms with Crippen LogP contribution < -0.4 is 21.1 Å². The van der Waals surface area contributed by atoms with Gasteiger partial charge in [0.1, 0.15) is 5.75 Å². The molecule has 0 radical (unpaired) electrons. The van der Waals surface area contributed by atoms with Gasteiger partial charge in [0.25, 0.3) is 5.91 Å². The van der Waals surface area contributed by atoms with E-state index in [2.05, 4.69) is 31.4 Å². The molecule has 1 aromatic carbocycles. The Morgan fingerprint density at radius 3 is 2.89 bits per heavy atom. The number of fused-ring (bicyclic) bond motifs is 1. The average molecular weight is 263 g/mol. The molecule has 0 aliphatic carbocycles. The van der Waals surface area contributed by atoms with Crippen LogP contribution in [0.25, 0.3) is 0 Å². The highest BCUT2D eigenvalue weighted by Gasteiger charge is 2.21. The lowest BCUT2D eigenvalue weighted by molar-refractivity contribution is -0.118. The van der Waals surface area contributed by atoms with Gasteiger partial charge in [-0.1, -0.05) is 13.3 Å². The Morgan fingerprint density at radius 1 is 1.47 bits per heavy atom. The first-order valence-corrected chi connectivity index (χ1v) is 6.55. The van der Waals surface area contributed by atoms with E-state index in [9.17, 15) is 4.79 Å². The third kappa shape index (κ3) is 3.10. The van der Waals surface area contributed by atoms with Gasteiger partial charge in [-0.2, -0.15) is 0 Å². The standard InChI is InChI=1S/C14H21N3O2/c1-4-5-14(2,3)17-10-7-11-12(6-9(10)15)19-8-13(18)16-11/h6-7,17H,4-5,8,15H2,1-3H3,(H,16,18). The number of ether oxygens (including phenoxy) is 1. The maximum absolute atomic E-state index is 11.3. The molecule has 5 nitrogen and oxygen atoms in total. The van der Waals surface area contributed by atoms with Crippen LogP contribution in [0.3, 0.4) is 0 Å². The van der Waals surface area contributed by atoms with Crippen LogP contribution in [0.1, 0.15) is 33.6 Å². The number of nitrogen functional groups attached to an aromatic ring is 1. The second kappa shape index (κ2) is 4.99. The summed E-state index contributed by atoms with van der Waals surface area (Å²) in [6.45, 7) is 6.45. The molecule has 1 aromatic rings. The van der Waals surface area contributed by atoms with Gasteiger partial charge in [0, 0.05) is 11.6 Å². The number of carbonyl (C=O) groups is 1. The summed E-state index contributed by atoms with van der Waals surface area (Å²) in [5.74, 6) is 0.479. The Bertz CT molecular complexity index is 498. The second-order valence-electron chi connectivity index (χ2n) is 5.53. The van der Waals surface area contributed by atoms with Crippen molar-refractivity contribution < 1.29 is 9.53 Å². The molecule has 4 N–H and O–H groups in total. The van der Waals surface area contributed by atoms with Gasteiger partial charge in [-0.25, -0.2) is 0 Å². The highest BCUT2D eigenvalue weighted by Crippen LogP contribution is 2.36. The number of hydrogen-bond acceptors (Lipinski definition) is 4. The summed E-state index contributed by atoms with van der Waals surface area (Å²) in [7, 11) is 0. The minimum Gasteiger partial charge on any atom is -0.482 e. The van der Waals surface area contributed by atoms with E-state index in [1.165, 1.54) is 0 Å². The predicted molar refractivity (Wildman–Crippen MR) is 77.6 cm³/mol. The Balaban J connectivity index is 2.27. The van der Waals surface area contributed by atoms with Crippen LogP contribution in [0.15, 0.2) is 12.1 Å². The fraction of sp³-hybridized carbons (Fsp3) is 0.500. The lowest BCUT2D eigenvalue weighted by Crippen LogP contribution is -2.31. The van der Waals surface area contributed by atoms with Crippen molar-refractivity contribution in [2.45, 2.75) is 39.2 Å². The van der Waals surface area contributed by atoms with Gasteiger partial charge in [-0.05, 0) is 26.3 Å². The average Bonchev–Trinajstić information content (AvgIpc) is 2.30. The Hall–Kier alpha value is -1.91. The molecule has 1 aliphatic rings. The molecule has 0 atom stereocenters. The van der Waals surface area contributed by atoms with Gasteiger partial charge in [0.2, 0.25) is 0 Å². The lowest BCUT2D eigenvalue weighted by Gasteiger charge is -2.29. The highest BCUT2D eigenvalue weighted by molar-refractivity contribution is 5.97. The lowest BCUT2D eigenvalue weighted by atomic mass is 9.98. The molecule has 0 bridgehead atoms. The number of benzene rings is 1. The van der Waals surface area contributed by atoms with Gasteiger partial charge in [0.15, 0.2) is 6.61 Å². The SMILES string of the molecule is CCCC(C)(C)Nc1cc2c(cc1N)OCC(=O)N2. The van der Waals surface area contributed by atoms with E-state index in [0.29, 0.717) is 17.1 Å². The molecule has 0 saturated heterocycles. The molecule has 0 aromatic heterocycles. The zero-order chi connectivity index (χ0) is 14.0. The smallest absolute Gasteiger partial charge is 0.262 e. The van der Waals surface area contributed by atoms with Crippen LogP contribution in [-0.2, 0) is 4.79 Å². The molecule has 0 unspecified atom stereocenters. The maximum Gasteiger partial charge on any atom is 0.262 e. The first kappa shape index (κ1) is 13.5. The summed E-state index contributed by atoms with van der Waals surface area (Å²) in [5, 5.41) is 6.21. The number of nitrogens with two attached hydrogens (primary N) is 1. The van der Waals surface area contributed by atoms with E-state index >= 15 is 0 Å². The molecule has 0 spiro atoms. The quantitative estimate of drug-likeness (QED) is 0.730. The summed E-state index contributed by atoms with van der Waals surface area (Å²) < 4.78 is 5.33. The third-order valence-corrected chi connectivity index (χ3v) is 3.13. The number of amides is 1. The fourth-order valence-corrected chi connectivity index (χ4v) is 2.30. The van der Waals surface area contributed by atoms with Gasteiger partial charge in [-0.3, -0.25) is 4.79 Å². The molecule has 19 heavy (non-hydrogen) atoms. The molecular weight excluding hydrogens is 242 g/mol. The van der Waals surface area contributed by atoms with Crippen LogP contribution >= 0.6 is 0 Å². The van der Waals surface area contributed by atoms with Crippen molar-refractivity contribution >= 4 is 23.0 Å². The summed E-state index contributed by atoms with van der Waals surface area (Å²) in [4.78, 5) is 11.3. The summed E-state index contributed by atoms with van der Waals surface area (Å²) in [6, 6.07) is 3.58. The van der Waals surface area contributed by atoms with Crippen LogP contribution in [-0.4, -0.2) is 18.1 Å². The minimum absolute atomic E-state index is 0.0422. The Kier molecular flexibility index (Phi) is 3.55. The van der Waals surface area contributed by atoms with Crippen LogP contribution in [0, 0.1) is 0 Å². The third-order valence-electron chi connectivity index (χ3n) is 3.13. The molecule has 0 fully saturated rings. The highest BCUT2D eigenvalue weighted by atomic mass is 16.5. The fourth-order valence-electron chi connectivity index (χ4n) is 2.30. The van der Waals surface area contributed by atoms with Gasteiger partial charge >= 0.3 is 0 Å². The molecule has 0 saturated carbocycles. The van der Waals surface area contributed by atoms with E-state index in [-0.39, 0.29) is 18.1 Å². The maximum atomic E-state index is 11.3. The van der Waals surface area contributed by atoms with Crippen LogP contribution in [0.2, 0.25) is 0 Å². The van der Waals surface area contributed by atoms with Crippen molar-refractivity contribution in [1.82, 2.24) is 0 Å². The predicted octanol–water partition coefficient (Wildman–Crippen LogP) is 2.59. The summed E-state index contributed by atoms with van der Waals surface area (Å²) >= 11 is 0. The van der Waals surface area contributed by atoms with Crippen molar-refractivity contribution in [3.8, 4) is 5.75 Å². The normalized spacial score (nSPS) is 14.4. The molecule has 104 valence electrons. The number of hydrogen-bond donors (Lipinski definition) is 3. The van der Waals surface area contributed by atoms with E-state index in [1.807, 2.05) is 6.07 Å². The van der Waals surface area contributed by atoms with Crippen molar-refractivity contribution in [3.63, 3.8) is 0 Å². The number of nitrogens with one attached hydrogen (secondary N) is 2. The van der Waals surface area contributed by atoms with Gasteiger partial charge < -0.3 is 21.1 Å². The number of carbonyl (C=O) groups excluding carboxylic acids is 1. The number of rotatable bonds is 4. The largest absolute Gasteiger partial charge is 0.482 e. The first-order valence-electron chi connectivity index (χ1n) is 6.55. The zero-order valence-electron chi connectivity index (χ0n) is 11.7. The van der Waals surface area contributed by atoms with E-state index in [0.717, 1.165) is 18.5 Å². The molecule has 2 rings (SSSR count). The van der Waals surface area contributed by atoms with Gasteiger partial charge in [0.05, 0.1) is 17.1 Å². The Labute approximate surface area is 113 Å². The summed E-state index contributed by atoms with van der Waals surface area (Å²) in [5.41, 5.74) is 8.10. The zero-order valence-corrected chi connectivity index (χ0v) is 11.7. The molecule has 5 heteroatoms.